The molecule has 1 aliphatic heterocycles. The standard InChI is InChI=1S/C18H20N2O6/c1-2-11-15(19-17(24)14(16(11)23)18(25)26)9-3-5-10(6-4-9)20-7-12(21)13(22)8-20/h3-6,12-13,21-22H,2,7-8H2,1H3,(H,25,26)(H2,19,23,24). The van der Waals surface area contributed by atoms with Gasteiger partial charge in [-0.2, -0.15) is 0 Å². The van der Waals surface area contributed by atoms with Crippen molar-refractivity contribution in [3.63, 3.8) is 0 Å². The van der Waals surface area contributed by atoms with Crippen molar-refractivity contribution in [1.29, 1.82) is 0 Å². The lowest BCUT2D eigenvalue weighted by Gasteiger charge is -2.18. The molecule has 0 aliphatic carbocycles. The summed E-state index contributed by atoms with van der Waals surface area (Å²) in [5, 5.41) is 38.6. The zero-order valence-corrected chi connectivity index (χ0v) is 14.1. The van der Waals surface area contributed by atoms with Crippen LogP contribution in [0.25, 0.3) is 11.3 Å². The molecule has 0 bridgehead atoms. The zero-order chi connectivity index (χ0) is 19.0. The van der Waals surface area contributed by atoms with Gasteiger partial charge in [-0.3, -0.25) is 4.79 Å². The molecular weight excluding hydrogens is 340 g/mol. The molecule has 138 valence electrons. The quantitative estimate of drug-likeness (QED) is 0.537. The fraction of sp³-hybridized carbons (Fsp3) is 0.333. The number of benzene rings is 1. The summed E-state index contributed by atoms with van der Waals surface area (Å²) >= 11 is 0. The Bertz CT molecular complexity index is 880. The maximum atomic E-state index is 12.0. The number of aromatic amines is 1. The molecule has 3 rings (SSSR count). The van der Waals surface area contributed by atoms with Gasteiger partial charge in [-0.1, -0.05) is 19.1 Å². The second-order valence-corrected chi connectivity index (χ2v) is 6.28. The van der Waals surface area contributed by atoms with Crippen LogP contribution in [0.3, 0.4) is 0 Å². The molecule has 2 aromatic rings. The van der Waals surface area contributed by atoms with E-state index in [1.54, 1.807) is 31.2 Å². The Balaban J connectivity index is 2.00. The Labute approximate surface area is 149 Å². The van der Waals surface area contributed by atoms with Crippen molar-refractivity contribution in [2.24, 2.45) is 0 Å². The Kier molecular flexibility index (Phi) is 4.71. The van der Waals surface area contributed by atoms with Gasteiger partial charge in [0.15, 0.2) is 5.56 Å². The molecule has 1 aromatic carbocycles. The maximum Gasteiger partial charge on any atom is 0.345 e. The smallest absolute Gasteiger partial charge is 0.345 e. The van der Waals surface area contributed by atoms with Gasteiger partial charge in [0.25, 0.3) is 5.56 Å². The van der Waals surface area contributed by atoms with Crippen molar-refractivity contribution in [2.45, 2.75) is 25.6 Å². The van der Waals surface area contributed by atoms with E-state index in [4.69, 9.17) is 5.11 Å². The van der Waals surface area contributed by atoms with Crippen LogP contribution in [0, 0.1) is 0 Å². The van der Waals surface area contributed by atoms with E-state index in [9.17, 15) is 24.9 Å². The van der Waals surface area contributed by atoms with E-state index in [0.717, 1.165) is 5.69 Å². The maximum absolute atomic E-state index is 12.0. The number of aromatic hydroxyl groups is 1. The van der Waals surface area contributed by atoms with Gasteiger partial charge in [0.05, 0.1) is 17.9 Å². The number of hydrogen-bond acceptors (Lipinski definition) is 6. The summed E-state index contributed by atoms with van der Waals surface area (Å²) < 4.78 is 0. The molecule has 2 atom stereocenters. The number of carbonyl (C=O) groups is 1. The first-order chi connectivity index (χ1) is 12.3. The van der Waals surface area contributed by atoms with E-state index in [-0.39, 0.29) is 0 Å². The number of aromatic carboxylic acids is 1. The highest BCUT2D eigenvalue weighted by Gasteiger charge is 2.29. The van der Waals surface area contributed by atoms with Crippen LogP contribution >= 0.6 is 0 Å². The molecule has 0 saturated carbocycles. The van der Waals surface area contributed by atoms with E-state index in [2.05, 4.69) is 4.98 Å². The Hall–Kier alpha value is -2.84. The van der Waals surface area contributed by atoms with Crippen molar-refractivity contribution in [2.75, 3.05) is 18.0 Å². The lowest BCUT2D eigenvalue weighted by molar-refractivity contribution is 0.0572. The molecule has 0 radical (unpaired) electrons. The molecule has 0 amide bonds. The number of aliphatic hydroxyl groups excluding tert-OH is 2. The van der Waals surface area contributed by atoms with Crippen molar-refractivity contribution in [3.05, 3.63) is 45.7 Å². The van der Waals surface area contributed by atoms with Crippen LogP contribution in [0.2, 0.25) is 0 Å². The second-order valence-electron chi connectivity index (χ2n) is 6.28. The molecule has 2 unspecified atom stereocenters. The van der Waals surface area contributed by atoms with Gasteiger partial charge < -0.3 is 30.3 Å². The highest BCUT2D eigenvalue weighted by atomic mass is 16.4. The van der Waals surface area contributed by atoms with E-state index < -0.39 is 35.0 Å². The predicted octanol–water partition coefficient (Wildman–Crippen LogP) is 0.550. The van der Waals surface area contributed by atoms with Gasteiger partial charge >= 0.3 is 5.97 Å². The molecule has 0 spiro atoms. The molecule has 1 saturated heterocycles. The third kappa shape index (κ3) is 3.04. The number of rotatable bonds is 4. The number of anilines is 1. The molecule has 1 aromatic heterocycles. The fourth-order valence-electron chi connectivity index (χ4n) is 3.24. The van der Waals surface area contributed by atoms with Gasteiger partial charge in [-0.25, -0.2) is 4.79 Å². The average Bonchev–Trinajstić information content (AvgIpc) is 2.93. The highest BCUT2D eigenvalue weighted by molar-refractivity contribution is 5.92. The van der Waals surface area contributed by atoms with E-state index in [1.165, 1.54) is 0 Å². The molecule has 1 aliphatic rings. The van der Waals surface area contributed by atoms with Gasteiger partial charge in [0.2, 0.25) is 0 Å². The van der Waals surface area contributed by atoms with Crippen LogP contribution in [-0.2, 0) is 6.42 Å². The zero-order valence-electron chi connectivity index (χ0n) is 14.1. The molecule has 2 heterocycles. The normalized spacial score (nSPS) is 19.7. The first kappa shape index (κ1) is 18.0. The molecule has 8 nitrogen and oxygen atoms in total. The third-order valence-corrected chi connectivity index (χ3v) is 4.64. The summed E-state index contributed by atoms with van der Waals surface area (Å²) in [7, 11) is 0. The average molecular weight is 360 g/mol. The minimum Gasteiger partial charge on any atom is -0.506 e. The van der Waals surface area contributed by atoms with Crippen LogP contribution in [0.1, 0.15) is 22.8 Å². The number of aliphatic hydroxyl groups is 2. The topological polar surface area (TPSA) is 134 Å². The summed E-state index contributed by atoms with van der Waals surface area (Å²) in [5.74, 6) is -2.00. The van der Waals surface area contributed by atoms with Gasteiger partial charge in [0, 0.05) is 24.3 Å². The van der Waals surface area contributed by atoms with Gasteiger partial charge in [0.1, 0.15) is 5.75 Å². The van der Waals surface area contributed by atoms with Crippen LogP contribution in [0.4, 0.5) is 5.69 Å². The summed E-state index contributed by atoms with van der Waals surface area (Å²) in [5.41, 5.74) is 0.612. The SMILES string of the molecule is CCc1c(-c2ccc(N3CC(O)C(O)C3)cc2)[nH]c(=O)c(C(=O)O)c1O. The largest absolute Gasteiger partial charge is 0.506 e. The first-order valence-corrected chi connectivity index (χ1v) is 8.26. The molecule has 1 fully saturated rings. The highest BCUT2D eigenvalue weighted by Crippen LogP contribution is 2.31. The van der Waals surface area contributed by atoms with E-state index in [1.807, 2.05) is 4.90 Å². The van der Waals surface area contributed by atoms with Crippen molar-refractivity contribution in [1.82, 2.24) is 4.98 Å². The number of aromatic nitrogens is 1. The molecule has 26 heavy (non-hydrogen) atoms. The van der Waals surface area contributed by atoms with Crippen LogP contribution in [-0.4, -0.2) is 56.7 Å². The van der Waals surface area contributed by atoms with Gasteiger partial charge in [-0.15, -0.1) is 0 Å². The first-order valence-electron chi connectivity index (χ1n) is 8.26. The number of nitrogens with zero attached hydrogens (tertiary/aromatic N) is 1. The number of β-amino-alcohol motifs (C(OH)–C–C–N with tert-alkyl or cyclic N) is 2. The minimum absolute atomic E-state index is 0.325. The summed E-state index contributed by atoms with van der Waals surface area (Å²) in [6.07, 6.45) is -1.25. The van der Waals surface area contributed by atoms with E-state index in [0.29, 0.717) is 36.3 Å². The van der Waals surface area contributed by atoms with Crippen molar-refractivity contribution >= 4 is 11.7 Å². The van der Waals surface area contributed by atoms with Gasteiger partial charge in [-0.05, 0) is 24.1 Å². The van der Waals surface area contributed by atoms with Crippen molar-refractivity contribution in [3.8, 4) is 17.0 Å². The lowest BCUT2D eigenvalue weighted by atomic mass is 10.0. The Morgan fingerprint density at radius 1 is 1.19 bits per heavy atom. The number of hydrogen-bond donors (Lipinski definition) is 5. The molecular formula is C18H20N2O6. The summed E-state index contributed by atoms with van der Waals surface area (Å²) in [4.78, 5) is 27.6. The monoisotopic (exact) mass is 360 g/mol. The predicted molar refractivity (Wildman–Crippen MR) is 94.7 cm³/mol. The number of nitrogens with one attached hydrogen (secondary N) is 1. The fourth-order valence-corrected chi connectivity index (χ4v) is 3.24. The minimum atomic E-state index is -1.48. The number of carboxylic acids is 1. The summed E-state index contributed by atoms with van der Waals surface area (Å²) in [6, 6.07) is 7.02. The van der Waals surface area contributed by atoms with Crippen molar-refractivity contribution < 1.29 is 25.2 Å². The summed E-state index contributed by atoms with van der Waals surface area (Å²) in [6.45, 7) is 2.40. The van der Waals surface area contributed by atoms with Crippen LogP contribution < -0.4 is 10.5 Å². The lowest BCUT2D eigenvalue weighted by Crippen LogP contribution is -2.22. The van der Waals surface area contributed by atoms with Crippen LogP contribution in [0.5, 0.6) is 5.75 Å². The Morgan fingerprint density at radius 2 is 1.77 bits per heavy atom. The van der Waals surface area contributed by atoms with Crippen LogP contribution in [0.15, 0.2) is 29.1 Å². The number of carboxylic acid groups (broad SMARTS) is 1. The number of pyridine rings is 1. The molecule has 5 N–H and O–H groups in total. The van der Waals surface area contributed by atoms with E-state index >= 15 is 0 Å². The molecule has 8 heteroatoms. The third-order valence-electron chi connectivity index (χ3n) is 4.64. The second kappa shape index (κ2) is 6.81. The Morgan fingerprint density at radius 3 is 2.27 bits per heavy atom. The number of H-pyrrole nitrogens is 1.